The summed E-state index contributed by atoms with van der Waals surface area (Å²) in [6, 6.07) is 6.57. The highest BCUT2D eigenvalue weighted by molar-refractivity contribution is 6.03. The molecule has 9 nitrogen and oxygen atoms in total. The second kappa shape index (κ2) is 10.4. The summed E-state index contributed by atoms with van der Waals surface area (Å²) < 4.78 is 12.2. The average Bonchev–Trinajstić information content (AvgIpc) is 3.25. The lowest BCUT2D eigenvalue weighted by atomic mass is 9.77. The van der Waals surface area contributed by atoms with Crippen LogP contribution in [0.3, 0.4) is 0 Å². The fraction of sp³-hybridized carbons (Fsp3) is 0.567. The highest BCUT2D eigenvalue weighted by atomic mass is 16.5. The van der Waals surface area contributed by atoms with Gasteiger partial charge in [0.2, 0.25) is 17.7 Å². The standard InChI is InChI=1S/C30H37N3O6/c1-2-38-22-13-11-21(12-14-22)31-16-6-10-23-24(27(31)35)25-28(36)33(18-19-34)26-29(37)32(20-8-4-3-5-9-20)17-7-15-30(25,26)39-23/h6-7,10-15,20,23-26,34H,2-5,8-9,16-19H2,1H3/t23-,24+,25-,26?,30-/m0/s1. The molecule has 6 rings (SSSR count). The van der Waals surface area contributed by atoms with E-state index in [4.69, 9.17) is 9.47 Å². The molecule has 1 aliphatic carbocycles. The Morgan fingerprint density at radius 3 is 2.49 bits per heavy atom. The number of benzene rings is 1. The first-order chi connectivity index (χ1) is 19.0. The summed E-state index contributed by atoms with van der Waals surface area (Å²) in [4.78, 5) is 47.5. The van der Waals surface area contributed by atoms with Gasteiger partial charge in [-0.25, -0.2) is 0 Å². The summed E-state index contributed by atoms with van der Waals surface area (Å²) in [6.07, 6.45) is 12.2. The number of likely N-dealkylation sites (tertiary alicyclic amines) is 1. The van der Waals surface area contributed by atoms with E-state index in [-0.39, 0.29) is 36.9 Å². The lowest BCUT2D eigenvalue weighted by molar-refractivity contribution is -0.149. The van der Waals surface area contributed by atoms with Crippen molar-refractivity contribution in [1.82, 2.24) is 9.80 Å². The summed E-state index contributed by atoms with van der Waals surface area (Å²) >= 11 is 0. The molecule has 1 aromatic carbocycles. The van der Waals surface area contributed by atoms with Crippen molar-refractivity contribution in [3.8, 4) is 5.75 Å². The largest absolute Gasteiger partial charge is 0.494 e. The maximum atomic E-state index is 14.2. The van der Waals surface area contributed by atoms with Crippen LogP contribution in [0.1, 0.15) is 39.0 Å². The fourth-order valence-corrected chi connectivity index (χ4v) is 7.34. The Morgan fingerprint density at radius 1 is 1.00 bits per heavy atom. The van der Waals surface area contributed by atoms with Crippen molar-refractivity contribution in [1.29, 1.82) is 0 Å². The molecule has 4 aliphatic heterocycles. The summed E-state index contributed by atoms with van der Waals surface area (Å²) in [5, 5.41) is 9.87. The molecule has 1 N–H and O–H groups in total. The molecule has 9 heteroatoms. The predicted octanol–water partition coefficient (Wildman–Crippen LogP) is 2.29. The van der Waals surface area contributed by atoms with Crippen molar-refractivity contribution in [3.63, 3.8) is 0 Å². The van der Waals surface area contributed by atoms with Crippen LogP contribution < -0.4 is 9.64 Å². The highest BCUT2D eigenvalue weighted by Crippen LogP contribution is 2.53. The Bertz CT molecular complexity index is 1180. The number of nitrogens with zero attached hydrogens (tertiary/aromatic N) is 3. The number of carbonyl (C=O) groups excluding carboxylic acids is 3. The third-order valence-electron chi connectivity index (χ3n) is 9.01. The third kappa shape index (κ3) is 4.17. The number of ether oxygens (including phenoxy) is 2. The van der Waals surface area contributed by atoms with Crippen molar-refractivity contribution in [2.24, 2.45) is 11.8 Å². The van der Waals surface area contributed by atoms with Gasteiger partial charge in [0.1, 0.15) is 17.4 Å². The number of aliphatic hydroxyl groups excluding tert-OH is 1. The minimum Gasteiger partial charge on any atom is -0.494 e. The molecule has 1 unspecified atom stereocenters. The van der Waals surface area contributed by atoms with Gasteiger partial charge in [0.25, 0.3) is 0 Å². The van der Waals surface area contributed by atoms with Crippen molar-refractivity contribution in [3.05, 3.63) is 48.6 Å². The number of hydrogen-bond donors (Lipinski definition) is 1. The van der Waals surface area contributed by atoms with Crippen LogP contribution >= 0.6 is 0 Å². The summed E-state index contributed by atoms with van der Waals surface area (Å²) in [5.41, 5.74) is -0.552. The van der Waals surface area contributed by atoms with Crippen LogP contribution in [0.2, 0.25) is 0 Å². The van der Waals surface area contributed by atoms with E-state index < -0.39 is 29.6 Å². The maximum absolute atomic E-state index is 14.2. The minimum atomic E-state index is -1.26. The lowest BCUT2D eigenvalue weighted by Gasteiger charge is -2.39. The van der Waals surface area contributed by atoms with Crippen LogP contribution in [0.4, 0.5) is 5.69 Å². The second-order valence-electron chi connectivity index (χ2n) is 11.1. The molecule has 39 heavy (non-hydrogen) atoms. The Hall–Kier alpha value is -3.17. The zero-order valence-electron chi connectivity index (χ0n) is 22.4. The van der Waals surface area contributed by atoms with Gasteiger partial charge in [0, 0.05) is 31.4 Å². The van der Waals surface area contributed by atoms with Gasteiger partial charge >= 0.3 is 0 Å². The van der Waals surface area contributed by atoms with E-state index in [1.165, 1.54) is 11.3 Å². The van der Waals surface area contributed by atoms with Gasteiger partial charge in [0.15, 0.2) is 0 Å². The number of rotatable bonds is 6. The van der Waals surface area contributed by atoms with E-state index in [1.54, 1.807) is 4.90 Å². The molecule has 4 heterocycles. The molecule has 5 atom stereocenters. The molecule has 1 saturated carbocycles. The molecule has 1 spiro atoms. The monoisotopic (exact) mass is 535 g/mol. The average molecular weight is 536 g/mol. The SMILES string of the molecule is CCOc1ccc(N2CC=C[C@@H]3O[C@]45C=CCN(C6CCCCC6)C(=O)C4N(CCO)C(=O)[C@@H]5[C@@H]3C2=O)cc1. The summed E-state index contributed by atoms with van der Waals surface area (Å²) in [5.74, 6) is -1.58. The first kappa shape index (κ1) is 26.1. The Kier molecular flexibility index (Phi) is 6.97. The van der Waals surface area contributed by atoms with E-state index in [2.05, 4.69) is 0 Å². The molecule has 5 aliphatic rings. The van der Waals surface area contributed by atoms with Crippen molar-refractivity contribution < 1.29 is 29.0 Å². The normalized spacial score (nSPS) is 32.7. The Labute approximate surface area is 229 Å². The van der Waals surface area contributed by atoms with Crippen LogP contribution in [-0.4, -0.2) is 89.3 Å². The molecule has 0 radical (unpaired) electrons. The molecule has 3 fully saturated rings. The van der Waals surface area contributed by atoms with Gasteiger partial charge in [-0.15, -0.1) is 0 Å². The van der Waals surface area contributed by atoms with E-state index >= 15 is 0 Å². The van der Waals surface area contributed by atoms with Crippen LogP contribution in [0, 0.1) is 11.8 Å². The number of aliphatic hydroxyl groups is 1. The predicted molar refractivity (Wildman–Crippen MR) is 144 cm³/mol. The first-order valence-corrected chi connectivity index (χ1v) is 14.3. The van der Waals surface area contributed by atoms with Gasteiger partial charge in [-0.05, 0) is 44.0 Å². The Morgan fingerprint density at radius 2 is 1.77 bits per heavy atom. The highest BCUT2D eigenvalue weighted by Gasteiger charge is 2.71. The first-order valence-electron chi connectivity index (χ1n) is 14.3. The molecule has 3 amide bonds. The molecular weight excluding hydrogens is 498 g/mol. The molecule has 1 aromatic rings. The van der Waals surface area contributed by atoms with Crippen LogP contribution in [0.15, 0.2) is 48.6 Å². The lowest BCUT2D eigenvalue weighted by Crippen LogP contribution is -2.57. The summed E-state index contributed by atoms with van der Waals surface area (Å²) in [7, 11) is 0. The van der Waals surface area contributed by atoms with E-state index in [0.717, 1.165) is 31.4 Å². The van der Waals surface area contributed by atoms with E-state index in [1.807, 2.05) is 60.4 Å². The molecular formula is C30H37N3O6. The van der Waals surface area contributed by atoms with Gasteiger partial charge in [-0.3, -0.25) is 14.4 Å². The smallest absolute Gasteiger partial charge is 0.249 e. The number of anilines is 1. The zero-order chi connectivity index (χ0) is 27.1. The zero-order valence-corrected chi connectivity index (χ0v) is 22.4. The van der Waals surface area contributed by atoms with Crippen molar-refractivity contribution in [2.75, 3.05) is 37.7 Å². The number of amides is 3. The van der Waals surface area contributed by atoms with Gasteiger partial charge in [-0.2, -0.15) is 0 Å². The van der Waals surface area contributed by atoms with Gasteiger partial charge in [-0.1, -0.05) is 43.6 Å². The van der Waals surface area contributed by atoms with Crippen LogP contribution in [-0.2, 0) is 19.1 Å². The number of β-amino-alcohol motifs (C(OH)–C–C–N with tert-alkyl or cyclic N) is 1. The molecule has 208 valence electrons. The van der Waals surface area contributed by atoms with E-state index in [0.29, 0.717) is 25.4 Å². The quantitative estimate of drug-likeness (QED) is 0.562. The fourth-order valence-electron chi connectivity index (χ4n) is 7.34. The number of carbonyl (C=O) groups is 3. The van der Waals surface area contributed by atoms with Gasteiger partial charge < -0.3 is 29.3 Å². The van der Waals surface area contributed by atoms with Crippen molar-refractivity contribution in [2.45, 2.75) is 62.8 Å². The number of hydrogen-bond acceptors (Lipinski definition) is 6. The van der Waals surface area contributed by atoms with Crippen molar-refractivity contribution >= 4 is 23.4 Å². The topological polar surface area (TPSA) is 99.6 Å². The Balaban J connectivity index is 1.36. The third-order valence-corrected chi connectivity index (χ3v) is 9.01. The molecule has 2 saturated heterocycles. The molecule has 0 bridgehead atoms. The summed E-state index contributed by atoms with van der Waals surface area (Å²) in [6.45, 7) is 3.02. The van der Waals surface area contributed by atoms with Crippen LogP contribution in [0.25, 0.3) is 0 Å². The molecule has 0 aromatic heterocycles. The maximum Gasteiger partial charge on any atom is 0.249 e. The van der Waals surface area contributed by atoms with E-state index in [9.17, 15) is 19.5 Å². The second-order valence-corrected chi connectivity index (χ2v) is 11.1. The minimum absolute atomic E-state index is 0.0210. The van der Waals surface area contributed by atoms with Crippen LogP contribution in [0.5, 0.6) is 5.75 Å². The number of fused-ring (bicyclic) bond motifs is 2. The van der Waals surface area contributed by atoms with Gasteiger partial charge in [0.05, 0.1) is 31.2 Å².